The second kappa shape index (κ2) is 11.5. The van der Waals surface area contributed by atoms with Gasteiger partial charge in [-0.1, -0.05) is 33.1 Å². The van der Waals surface area contributed by atoms with Gasteiger partial charge in [-0.3, -0.25) is 14.5 Å². The highest BCUT2D eigenvalue weighted by Crippen LogP contribution is 2.66. The summed E-state index contributed by atoms with van der Waals surface area (Å²) in [5.74, 6) is 3.19. The number of fused-ring (bicyclic) bond motifs is 5. The van der Waals surface area contributed by atoms with Gasteiger partial charge in [0.15, 0.2) is 0 Å². The molecule has 226 valence electrons. The van der Waals surface area contributed by atoms with E-state index >= 15 is 0 Å². The van der Waals surface area contributed by atoms with Gasteiger partial charge in [-0.2, -0.15) is 0 Å². The Bertz CT molecular complexity index is 931. The number of carbonyl (C=O) groups is 2. The predicted molar refractivity (Wildman–Crippen MR) is 155 cm³/mol. The van der Waals surface area contributed by atoms with Crippen molar-refractivity contribution in [3.05, 3.63) is 0 Å². The monoisotopic (exact) mass is 557 g/mol. The largest absolute Gasteiger partial charge is 0.393 e. The van der Waals surface area contributed by atoms with Gasteiger partial charge in [0, 0.05) is 38.6 Å². The predicted octanol–water partition coefficient (Wildman–Crippen LogP) is 3.96. The van der Waals surface area contributed by atoms with Crippen molar-refractivity contribution >= 4 is 11.8 Å². The van der Waals surface area contributed by atoms with E-state index in [0.717, 1.165) is 57.5 Å². The third kappa shape index (κ3) is 5.25. The van der Waals surface area contributed by atoms with Crippen LogP contribution in [0, 0.1) is 40.4 Å². The molecular weight excluding hydrogens is 502 g/mol. The summed E-state index contributed by atoms with van der Waals surface area (Å²) in [4.78, 5) is 29.7. The molecule has 0 unspecified atom stereocenters. The maximum absolute atomic E-state index is 12.9. The van der Waals surface area contributed by atoms with Crippen LogP contribution < -0.4 is 5.32 Å². The molecule has 0 bridgehead atoms. The summed E-state index contributed by atoms with van der Waals surface area (Å²) in [5.41, 5.74) is 0.355. The van der Waals surface area contributed by atoms with Crippen LogP contribution >= 0.6 is 0 Å². The zero-order chi connectivity index (χ0) is 28.1. The highest BCUT2D eigenvalue weighted by Gasteiger charge is 2.61. The molecule has 1 aliphatic heterocycles. The number of hydrogen-bond acceptors (Lipinski definition) is 5. The number of rotatable bonds is 5. The Labute approximate surface area is 241 Å². The number of amides is 2. The zero-order valence-corrected chi connectivity index (χ0v) is 25.2. The molecule has 2 amide bonds. The zero-order valence-electron chi connectivity index (χ0n) is 25.2. The van der Waals surface area contributed by atoms with E-state index in [1.54, 1.807) is 0 Å². The van der Waals surface area contributed by atoms with Crippen LogP contribution in [0.25, 0.3) is 0 Å². The first kappa shape index (κ1) is 28.9. The molecule has 0 aromatic rings. The summed E-state index contributed by atoms with van der Waals surface area (Å²) >= 11 is 0. The van der Waals surface area contributed by atoms with Crippen LogP contribution in [0.15, 0.2) is 0 Å². The van der Waals surface area contributed by atoms with Crippen molar-refractivity contribution in [2.24, 2.45) is 40.4 Å². The van der Waals surface area contributed by atoms with Gasteiger partial charge in [-0.25, -0.2) is 0 Å². The van der Waals surface area contributed by atoms with Crippen molar-refractivity contribution in [3.63, 3.8) is 0 Å². The van der Waals surface area contributed by atoms with E-state index in [4.69, 9.17) is 0 Å². The minimum atomic E-state index is -0.293. The second-order valence-electron chi connectivity index (χ2n) is 15.3. The Morgan fingerprint density at radius 1 is 0.850 bits per heavy atom. The molecule has 5 saturated carbocycles. The Balaban J connectivity index is 1.02. The third-order valence-corrected chi connectivity index (χ3v) is 13.4. The Morgan fingerprint density at radius 3 is 2.33 bits per heavy atom. The number of aliphatic hydroxyl groups is 2. The van der Waals surface area contributed by atoms with Gasteiger partial charge in [0.1, 0.15) is 0 Å². The summed E-state index contributed by atoms with van der Waals surface area (Å²) in [6.07, 6.45) is 15.1. The van der Waals surface area contributed by atoms with E-state index in [0.29, 0.717) is 43.2 Å². The van der Waals surface area contributed by atoms with Crippen LogP contribution in [0.5, 0.6) is 0 Å². The molecule has 6 rings (SSSR count). The smallest absolute Gasteiger partial charge is 0.242 e. The molecule has 1 heterocycles. The first-order valence-electron chi connectivity index (χ1n) is 16.8. The normalized spacial score (nSPS) is 44.4. The van der Waals surface area contributed by atoms with Crippen LogP contribution in [0.1, 0.15) is 104 Å². The number of nitrogens with one attached hydrogen (secondary N) is 1. The molecule has 1 saturated heterocycles. The van der Waals surface area contributed by atoms with Crippen LogP contribution in [0.4, 0.5) is 0 Å². The molecule has 3 N–H and O–H groups in total. The van der Waals surface area contributed by atoms with Crippen molar-refractivity contribution in [3.8, 4) is 0 Å². The average Bonchev–Trinajstić information content (AvgIpc) is 3.26. The van der Waals surface area contributed by atoms with Crippen molar-refractivity contribution < 1.29 is 19.8 Å². The minimum Gasteiger partial charge on any atom is -0.393 e. The third-order valence-electron chi connectivity index (χ3n) is 13.4. The molecular formula is C33H55N3O4. The molecule has 5 aliphatic carbocycles. The van der Waals surface area contributed by atoms with Gasteiger partial charge in [0.2, 0.25) is 11.8 Å². The van der Waals surface area contributed by atoms with Gasteiger partial charge in [-0.05, 0) is 105 Å². The fraction of sp³-hybridized carbons (Fsp3) is 0.939. The molecule has 40 heavy (non-hydrogen) atoms. The summed E-state index contributed by atoms with van der Waals surface area (Å²) in [7, 11) is 0. The van der Waals surface area contributed by atoms with Crippen LogP contribution in [-0.4, -0.2) is 82.8 Å². The van der Waals surface area contributed by atoms with E-state index in [2.05, 4.69) is 24.1 Å². The SMILES string of the molecule is C[C@]12C[C@H](N3CCN(C(=O)CNC(=O)CC4CCCCC4)CC3)[C@@H](O)C[C@@H]1CC[C@@H]1[C@@H]2CC[C@]2(C)[C@@H](O)CC[C@@H]12. The molecule has 0 radical (unpaired) electrons. The Kier molecular flexibility index (Phi) is 8.30. The first-order chi connectivity index (χ1) is 19.2. The van der Waals surface area contributed by atoms with E-state index in [1.165, 1.54) is 44.9 Å². The van der Waals surface area contributed by atoms with E-state index in [1.807, 2.05) is 4.90 Å². The van der Waals surface area contributed by atoms with Gasteiger partial charge in [0.25, 0.3) is 0 Å². The molecule has 0 spiro atoms. The van der Waals surface area contributed by atoms with Gasteiger partial charge in [0.05, 0.1) is 18.8 Å². The lowest BCUT2D eigenvalue weighted by Crippen LogP contribution is -2.62. The maximum atomic E-state index is 12.9. The highest BCUT2D eigenvalue weighted by molar-refractivity contribution is 5.84. The fourth-order valence-electron chi connectivity index (χ4n) is 10.9. The number of carbonyl (C=O) groups excluding carboxylic acids is 2. The molecule has 6 fully saturated rings. The summed E-state index contributed by atoms with van der Waals surface area (Å²) < 4.78 is 0. The molecule has 0 aromatic carbocycles. The number of nitrogens with zero attached hydrogens (tertiary/aromatic N) is 2. The highest BCUT2D eigenvalue weighted by atomic mass is 16.3. The van der Waals surface area contributed by atoms with Crippen LogP contribution in [0.3, 0.4) is 0 Å². The van der Waals surface area contributed by atoms with Gasteiger partial charge < -0.3 is 20.4 Å². The Hall–Kier alpha value is -1.18. The van der Waals surface area contributed by atoms with Crippen molar-refractivity contribution in [1.82, 2.24) is 15.1 Å². The Morgan fingerprint density at radius 2 is 1.57 bits per heavy atom. The molecule has 7 heteroatoms. The standard InChI is InChI=1S/C33H55N3O4/c1-32-13-12-26-24(25(32)10-11-29(32)38)9-8-23-19-28(37)27(20-33(23,26)2)35-14-16-36(17-15-35)31(40)21-34-30(39)18-22-6-4-3-5-7-22/h22-29,37-38H,3-21H2,1-2H3,(H,34,39)/t23-,24-,25-,26-,27-,28-,29-,32-,33-/m0/s1. The van der Waals surface area contributed by atoms with Crippen molar-refractivity contribution in [1.29, 1.82) is 0 Å². The van der Waals surface area contributed by atoms with E-state index in [-0.39, 0.29) is 47.4 Å². The molecule has 9 atom stereocenters. The van der Waals surface area contributed by atoms with Crippen LogP contribution in [0.2, 0.25) is 0 Å². The maximum Gasteiger partial charge on any atom is 0.242 e. The van der Waals surface area contributed by atoms with Crippen molar-refractivity contribution in [2.45, 2.75) is 122 Å². The van der Waals surface area contributed by atoms with Crippen LogP contribution in [-0.2, 0) is 9.59 Å². The molecule has 7 nitrogen and oxygen atoms in total. The topological polar surface area (TPSA) is 93.1 Å². The quantitative estimate of drug-likeness (QED) is 0.476. The lowest BCUT2D eigenvalue weighted by Gasteiger charge is -2.62. The van der Waals surface area contributed by atoms with Gasteiger partial charge >= 0.3 is 0 Å². The summed E-state index contributed by atoms with van der Waals surface area (Å²) in [6, 6.07) is 0.162. The number of hydrogen-bond donors (Lipinski definition) is 3. The lowest BCUT2D eigenvalue weighted by molar-refractivity contribution is -0.156. The second-order valence-corrected chi connectivity index (χ2v) is 15.3. The van der Waals surface area contributed by atoms with Gasteiger partial charge in [-0.15, -0.1) is 0 Å². The molecule has 6 aliphatic rings. The van der Waals surface area contributed by atoms with E-state index < -0.39 is 0 Å². The molecule has 0 aromatic heterocycles. The average molecular weight is 558 g/mol. The minimum absolute atomic E-state index is 0.0204. The number of piperazine rings is 1. The summed E-state index contributed by atoms with van der Waals surface area (Å²) in [5, 5.41) is 25.1. The fourth-order valence-corrected chi connectivity index (χ4v) is 10.9. The lowest BCUT2D eigenvalue weighted by atomic mass is 9.44. The summed E-state index contributed by atoms with van der Waals surface area (Å²) in [6.45, 7) is 7.94. The van der Waals surface area contributed by atoms with Crippen molar-refractivity contribution in [2.75, 3.05) is 32.7 Å². The first-order valence-corrected chi connectivity index (χ1v) is 16.8. The number of aliphatic hydroxyl groups excluding tert-OH is 2. The van der Waals surface area contributed by atoms with E-state index in [9.17, 15) is 19.8 Å².